The Balaban J connectivity index is 2.10. The fraction of sp³-hybridized carbons (Fsp3) is 0.500. The Bertz CT molecular complexity index is 477. The van der Waals surface area contributed by atoms with Gasteiger partial charge in [-0.2, -0.15) is 0 Å². The molecule has 20 heavy (non-hydrogen) atoms. The lowest BCUT2D eigenvalue weighted by molar-refractivity contribution is -0.120. The van der Waals surface area contributed by atoms with Crippen LogP contribution in [0.15, 0.2) is 18.2 Å². The Labute approximate surface area is 118 Å². The van der Waals surface area contributed by atoms with Crippen molar-refractivity contribution < 1.29 is 14.3 Å². The largest absolute Gasteiger partial charge is 0.486 e. The number of nitrogens with one attached hydrogen (secondary N) is 1. The molecule has 1 atom stereocenters. The lowest BCUT2D eigenvalue weighted by Crippen LogP contribution is -2.37. The number of fused-ring (bicyclic) bond motifs is 1. The van der Waals surface area contributed by atoms with Gasteiger partial charge in [0.25, 0.3) is 0 Å². The van der Waals surface area contributed by atoms with Gasteiger partial charge in [0.05, 0.1) is 0 Å². The number of hydrogen-bond donors (Lipinski definition) is 2. The van der Waals surface area contributed by atoms with E-state index in [1.54, 1.807) is 0 Å². The molecule has 0 bridgehead atoms. The van der Waals surface area contributed by atoms with Crippen LogP contribution in [0.25, 0.3) is 0 Å². The van der Waals surface area contributed by atoms with Gasteiger partial charge >= 0.3 is 0 Å². The minimum atomic E-state index is -0.522. The summed E-state index contributed by atoms with van der Waals surface area (Å²) in [5.41, 5.74) is 6.27. The van der Waals surface area contributed by atoms with Crippen molar-refractivity contribution in [3.63, 3.8) is 0 Å². The summed E-state index contributed by atoms with van der Waals surface area (Å²) in [5.74, 6) is 0.964. The number of nitrogens with zero attached hydrogens (tertiary/aromatic N) is 1. The summed E-state index contributed by atoms with van der Waals surface area (Å²) in [6.45, 7) is 2.57. The van der Waals surface area contributed by atoms with Crippen LogP contribution >= 0.6 is 0 Å². The molecule has 3 N–H and O–H groups in total. The second kappa shape index (κ2) is 6.58. The Hall–Kier alpha value is -1.79. The number of rotatable bonds is 6. The maximum Gasteiger partial charge on any atom is 0.239 e. The molecule has 0 aromatic heterocycles. The molecule has 0 fully saturated rings. The number of carbonyl (C=O) groups is 1. The van der Waals surface area contributed by atoms with E-state index in [0.29, 0.717) is 31.3 Å². The molecule has 0 aliphatic carbocycles. The summed E-state index contributed by atoms with van der Waals surface area (Å²) in [4.78, 5) is 13.7. The lowest BCUT2D eigenvalue weighted by atomic mass is 10.1. The zero-order valence-corrected chi connectivity index (χ0v) is 11.9. The number of ether oxygens (including phenoxy) is 2. The Morgan fingerprint density at radius 1 is 1.35 bits per heavy atom. The van der Waals surface area contributed by atoms with Crippen LogP contribution in [0.5, 0.6) is 11.5 Å². The molecule has 1 aliphatic heterocycles. The number of likely N-dealkylation sites (N-methyl/N-ethyl adjacent to an activating group) is 1. The number of amides is 1. The van der Waals surface area contributed by atoms with E-state index < -0.39 is 11.9 Å². The topological polar surface area (TPSA) is 76.8 Å². The predicted octanol–water partition coefficient (Wildman–Crippen LogP) is 0.135. The maximum atomic E-state index is 11.6. The van der Waals surface area contributed by atoms with Crippen LogP contribution in [-0.4, -0.2) is 51.2 Å². The van der Waals surface area contributed by atoms with Crippen molar-refractivity contribution in [1.82, 2.24) is 10.2 Å². The van der Waals surface area contributed by atoms with Crippen molar-refractivity contribution in [2.24, 2.45) is 5.73 Å². The van der Waals surface area contributed by atoms with Gasteiger partial charge in [-0.25, -0.2) is 0 Å². The van der Waals surface area contributed by atoms with Crippen molar-refractivity contribution in [1.29, 1.82) is 0 Å². The lowest BCUT2D eigenvalue weighted by Gasteiger charge is -2.22. The maximum absolute atomic E-state index is 11.6. The molecule has 0 saturated heterocycles. The van der Waals surface area contributed by atoms with Crippen LogP contribution in [0.2, 0.25) is 0 Å². The van der Waals surface area contributed by atoms with E-state index in [9.17, 15) is 4.79 Å². The highest BCUT2D eigenvalue weighted by atomic mass is 16.6. The predicted molar refractivity (Wildman–Crippen MR) is 75.9 cm³/mol. The quantitative estimate of drug-likeness (QED) is 0.774. The van der Waals surface area contributed by atoms with Crippen LogP contribution in [-0.2, 0) is 4.79 Å². The van der Waals surface area contributed by atoms with Crippen LogP contribution in [0.4, 0.5) is 0 Å². The van der Waals surface area contributed by atoms with Crippen molar-refractivity contribution in [3.05, 3.63) is 23.8 Å². The molecule has 2 rings (SSSR count). The fourth-order valence-corrected chi connectivity index (χ4v) is 2.05. The van der Waals surface area contributed by atoms with E-state index >= 15 is 0 Å². The Morgan fingerprint density at radius 3 is 2.70 bits per heavy atom. The first kappa shape index (κ1) is 14.6. The molecule has 1 heterocycles. The minimum absolute atomic E-state index is 0.402. The summed E-state index contributed by atoms with van der Waals surface area (Å²) in [5, 5.41) is 3.16. The van der Waals surface area contributed by atoms with Gasteiger partial charge in [0.1, 0.15) is 19.3 Å². The number of carbonyl (C=O) groups excluding carboxylic acids is 1. The first-order valence-corrected chi connectivity index (χ1v) is 6.65. The molecule has 0 spiro atoms. The first-order valence-electron chi connectivity index (χ1n) is 6.65. The first-order chi connectivity index (χ1) is 9.58. The second-order valence-corrected chi connectivity index (χ2v) is 5.00. The molecule has 1 aromatic carbocycles. The van der Waals surface area contributed by atoms with E-state index in [4.69, 9.17) is 15.2 Å². The summed E-state index contributed by atoms with van der Waals surface area (Å²) in [6.07, 6.45) is 0. The molecule has 6 nitrogen and oxygen atoms in total. The minimum Gasteiger partial charge on any atom is -0.486 e. The SMILES string of the molecule is CN(C)CCNC(C(N)=O)c1ccc2c(c1)OCCO2. The molecular formula is C14H21N3O3. The van der Waals surface area contributed by atoms with Gasteiger partial charge in [0.2, 0.25) is 5.91 Å². The average molecular weight is 279 g/mol. The molecule has 0 saturated carbocycles. The third kappa shape index (κ3) is 3.61. The number of hydrogen-bond acceptors (Lipinski definition) is 5. The monoisotopic (exact) mass is 279 g/mol. The number of primary amides is 1. The summed E-state index contributed by atoms with van der Waals surface area (Å²) in [6, 6.07) is 4.94. The Morgan fingerprint density at radius 2 is 2.05 bits per heavy atom. The van der Waals surface area contributed by atoms with Crippen LogP contribution in [0, 0.1) is 0 Å². The summed E-state index contributed by atoms with van der Waals surface area (Å²) < 4.78 is 11.0. The second-order valence-electron chi connectivity index (χ2n) is 5.00. The molecule has 1 aliphatic rings. The van der Waals surface area contributed by atoms with E-state index in [1.807, 2.05) is 37.2 Å². The molecule has 1 aromatic rings. The van der Waals surface area contributed by atoms with Crippen LogP contribution < -0.4 is 20.5 Å². The zero-order chi connectivity index (χ0) is 14.5. The molecule has 1 amide bonds. The van der Waals surface area contributed by atoms with Gasteiger partial charge in [0, 0.05) is 13.1 Å². The van der Waals surface area contributed by atoms with Gasteiger partial charge in [-0.05, 0) is 31.8 Å². The van der Waals surface area contributed by atoms with Crippen molar-refractivity contribution in [3.8, 4) is 11.5 Å². The van der Waals surface area contributed by atoms with Gasteiger partial charge in [-0.15, -0.1) is 0 Å². The number of nitrogens with two attached hydrogens (primary N) is 1. The normalized spacial score (nSPS) is 15.2. The highest BCUT2D eigenvalue weighted by Gasteiger charge is 2.20. The van der Waals surface area contributed by atoms with E-state index in [2.05, 4.69) is 5.32 Å². The average Bonchev–Trinajstić information content (AvgIpc) is 2.42. The standard InChI is InChI=1S/C14H21N3O3/c1-17(2)6-5-16-13(14(15)18)10-3-4-11-12(9-10)20-8-7-19-11/h3-4,9,13,16H,5-8H2,1-2H3,(H2,15,18). The van der Waals surface area contributed by atoms with E-state index in [1.165, 1.54) is 0 Å². The number of benzene rings is 1. The molecule has 110 valence electrons. The van der Waals surface area contributed by atoms with E-state index in [0.717, 1.165) is 12.1 Å². The van der Waals surface area contributed by atoms with Crippen LogP contribution in [0.3, 0.4) is 0 Å². The summed E-state index contributed by atoms with van der Waals surface area (Å²) >= 11 is 0. The third-order valence-corrected chi connectivity index (χ3v) is 3.09. The molecule has 0 radical (unpaired) electrons. The third-order valence-electron chi connectivity index (χ3n) is 3.09. The van der Waals surface area contributed by atoms with Crippen molar-refractivity contribution >= 4 is 5.91 Å². The molecule has 6 heteroatoms. The summed E-state index contributed by atoms with van der Waals surface area (Å²) in [7, 11) is 3.95. The zero-order valence-electron chi connectivity index (χ0n) is 11.9. The van der Waals surface area contributed by atoms with E-state index in [-0.39, 0.29) is 0 Å². The van der Waals surface area contributed by atoms with Gasteiger partial charge in [-0.1, -0.05) is 6.07 Å². The van der Waals surface area contributed by atoms with Crippen LogP contribution in [0.1, 0.15) is 11.6 Å². The van der Waals surface area contributed by atoms with Gasteiger partial charge in [-0.3, -0.25) is 4.79 Å². The highest BCUT2D eigenvalue weighted by Crippen LogP contribution is 2.32. The molecular weight excluding hydrogens is 258 g/mol. The van der Waals surface area contributed by atoms with Gasteiger partial charge < -0.3 is 25.4 Å². The fourth-order valence-electron chi connectivity index (χ4n) is 2.05. The van der Waals surface area contributed by atoms with Gasteiger partial charge in [0.15, 0.2) is 11.5 Å². The molecule has 1 unspecified atom stereocenters. The smallest absolute Gasteiger partial charge is 0.239 e. The van der Waals surface area contributed by atoms with Crippen molar-refractivity contribution in [2.45, 2.75) is 6.04 Å². The van der Waals surface area contributed by atoms with Crippen molar-refractivity contribution in [2.75, 3.05) is 40.4 Å². The highest BCUT2D eigenvalue weighted by molar-refractivity contribution is 5.81. The Kier molecular flexibility index (Phi) is 4.81.